The lowest BCUT2D eigenvalue weighted by Gasteiger charge is -2.14. The third-order valence-electron chi connectivity index (χ3n) is 2.58. The number of anilines is 2. The van der Waals surface area contributed by atoms with Crippen LogP contribution >= 0.6 is 0 Å². The maximum Gasteiger partial charge on any atom is 0.253 e. The summed E-state index contributed by atoms with van der Waals surface area (Å²) in [6.07, 6.45) is 0.209. The van der Waals surface area contributed by atoms with Gasteiger partial charge in [0.2, 0.25) is 0 Å². The Labute approximate surface area is 114 Å². The quantitative estimate of drug-likeness (QED) is 0.608. The SMILES string of the molecule is CC(C)OCCNc1cc(C(=O)N(C)C)ccc1N. The van der Waals surface area contributed by atoms with Crippen molar-refractivity contribution in [2.24, 2.45) is 0 Å². The van der Waals surface area contributed by atoms with Crippen molar-refractivity contribution in [3.05, 3.63) is 23.8 Å². The molecular formula is C14H23N3O2. The number of rotatable bonds is 6. The fraction of sp³-hybridized carbons (Fsp3) is 0.500. The molecule has 0 saturated carbocycles. The summed E-state index contributed by atoms with van der Waals surface area (Å²) >= 11 is 0. The summed E-state index contributed by atoms with van der Waals surface area (Å²) < 4.78 is 5.44. The second-order valence-corrected chi connectivity index (χ2v) is 4.85. The van der Waals surface area contributed by atoms with Crippen molar-refractivity contribution in [1.29, 1.82) is 0 Å². The molecule has 0 atom stereocenters. The van der Waals surface area contributed by atoms with E-state index < -0.39 is 0 Å². The van der Waals surface area contributed by atoms with Crippen LogP contribution in [0.5, 0.6) is 0 Å². The van der Waals surface area contributed by atoms with Gasteiger partial charge in [0.15, 0.2) is 0 Å². The van der Waals surface area contributed by atoms with Crippen LogP contribution in [0.2, 0.25) is 0 Å². The first-order valence-corrected chi connectivity index (χ1v) is 6.38. The monoisotopic (exact) mass is 265 g/mol. The number of nitrogens with two attached hydrogens (primary N) is 1. The van der Waals surface area contributed by atoms with Gasteiger partial charge in [-0.1, -0.05) is 0 Å². The molecule has 0 unspecified atom stereocenters. The molecule has 0 bridgehead atoms. The molecule has 0 radical (unpaired) electrons. The molecule has 1 rings (SSSR count). The Balaban J connectivity index is 2.67. The molecule has 0 aliphatic carbocycles. The summed E-state index contributed by atoms with van der Waals surface area (Å²) in [5.74, 6) is -0.0403. The smallest absolute Gasteiger partial charge is 0.253 e. The highest BCUT2D eigenvalue weighted by molar-refractivity contribution is 5.95. The molecule has 5 heteroatoms. The third kappa shape index (κ3) is 4.79. The lowest BCUT2D eigenvalue weighted by Crippen LogP contribution is -2.22. The Morgan fingerprint density at radius 2 is 2.11 bits per heavy atom. The summed E-state index contributed by atoms with van der Waals surface area (Å²) in [5.41, 5.74) is 7.89. The fourth-order valence-corrected chi connectivity index (χ4v) is 1.58. The van der Waals surface area contributed by atoms with Gasteiger partial charge in [-0.2, -0.15) is 0 Å². The highest BCUT2D eigenvalue weighted by Crippen LogP contribution is 2.20. The normalized spacial score (nSPS) is 10.6. The molecule has 0 aliphatic rings. The molecule has 1 aromatic carbocycles. The molecule has 1 aromatic rings. The largest absolute Gasteiger partial charge is 0.397 e. The number of amides is 1. The Morgan fingerprint density at radius 3 is 2.68 bits per heavy atom. The summed E-state index contributed by atoms with van der Waals surface area (Å²) in [5, 5.41) is 3.18. The van der Waals surface area contributed by atoms with E-state index in [1.807, 2.05) is 13.8 Å². The number of hydrogen-bond donors (Lipinski definition) is 2. The number of carbonyl (C=O) groups is 1. The van der Waals surface area contributed by atoms with Gasteiger partial charge in [-0.15, -0.1) is 0 Å². The van der Waals surface area contributed by atoms with E-state index in [0.717, 1.165) is 5.69 Å². The number of nitrogen functional groups attached to an aromatic ring is 1. The molecule has 0 heterocycles. The molecule has 0 saturated heterocycles. The van der Waals surface area contributed by atoms with Crippen molar-refractivity contribution in [2.75, 3.05) is 38.3 Å². The lowest BCUT2D eigenvalue weighted by molar-refractivity contribution is 0.0827. The van der Waals surface area contributed by atoms with Gasteiger partial charge in [0.25, 0.3) is 5.91 Å². The van der Waals surface area contributed by atoms with E-state index in [-0.39, 0.29) is 12.0 Å². The van der Waals surface area contributed by atoms with E-state index in [1.165, 1.54) is 4.90 Å². The maximum atomic E-state index is 11.9. The molecule has 0 aromatic heterocycles. The van der Waals surface area contributed by atoms with Crippen LogP contribution in [0.25, 0.3) is 0 Å². The van der Waals surface area contributed by atoms with Crippen LogP contribution in [-0.4, -0.2) is 44.2 Å². The Kier molecular flexibility index (Phi) is 5.63. The van der Waals surface area contributed by atoms with Crippen LogP contribution in [0.3, 0.4) is 0 Å². The molecule has 5 nitrogen and oxygen atoms in total. The molecule has 106 valence electrons. The second kappa shape index (κ2) is 6.99. The first kappa shape index (κ1) is 15.3. The molecule has 19 heavy (non-hydrogen) atoms. The zero-order valence-electron chi connectivity index (χ0n) is 12.1. The zero-order chi connectivity index (χ0) is 14.4. The van der Waals surface area contributed by atoms with Gasteiger partial charge in [-0.05, 0) is 32.0 Å². The molecule has 1 amide bonds. The van der Waals surface area contributed by atoms with Gasteiger partial charge >= 0.3 is 0 Å². The Bertz CT molecular complexity index is 431. The molecule has 3 N–H and O–H groups in total. The van der Waals surface area contributed by atoms with Crippen LogP contribution in [0.4, 0.5) is 11.4 Å². The Morgan fingerprint density at radius 1 is 1.42 bits per heavy atom. The Hall–Kier alpha value is -1.75. The van der Waals surface area contributed by atoms with Crippen molar-refractivity contribution in [2.45, 2.75) is 20.0 Å². The van der Waals surface area contributed by atoms with Crippen molar-refractivity contribution >= 4 is 17.3 Å². The summed E-state index contributed by atoms with van der Waals surface area (Å²) in [6, 6.07) is 5.24. The minimum absolute atomic E-state index is 0.0403. The van der Waals surface area contributed by atoms with Crippen molar-refractivity contribution in [3.8, 4) is 0 Å². The van der Waals surface area contributed by atoms with Crippen molar-refractivity contribution in [1.82, 2.24) is 4.90 Å². The number of carbonyl (C=O) groups excluding carboxylic acids is 1. The minimum atomic E-state index is -0.0403. The van der Waals surface area contributed by atoms with E-state index in [1.54, 1.807) is 32.3 Å². The number of nitrogens with one attached hydrogen (secondary N) is 1. The van der Waals surface area contributed by atoms with E-state index >= 15 is 0 Å². The molecule has 0 aliphatic heterocycles. The van der Waals surface area contributed by atoms with Crippen LogP contribution in [0.15, 0.2) is 18.2 Å². The highest BCUT2D eigenvalue weighted by atomic mass is 16.5. The minimum Gasteiger partial charge on any atom is -0.397 e. The van der Waals surface area contributed by atoms with Crippen LogP contribution in [0.1, 0.15) is 24.2 Å². The lowest BCUT2D eigenvalue weighted by atomic mass is 10.1. The average molecular weight is 265 g/mol. The van der Waals surface area contributed by atoms with Gasteiger partial charge in [-0.25, -0.2) is 0 Å². The first-order valence-electron chi connectivity index (χ1n) is 6.38. The van der Waals surface area contributed by atoms with E-state index in [2.05, 4.69) is 5.32 Å². The van der Waals surface area contributed by atoms with Gasteiger partial charge in [0.05, 0.1) is 24.1 Å². The topological polar surface area (TPSA) is 67.6 Å². The predicted octanol–water partition coefficient (Wildman–Crippen LogP) is 1.81. The van der Waals surface area contributed by atoms with Crippen molar-refractivity contribution < 1.29 is 9.53 Å². The summed E-state index contributed by atoms with van der Waals surface area (Å²) in [7, 11) is 3.45. The second-order valence-electron chi connectivity index (χ2n) is 4.85. The van der Waals surface area contributed by atoms with E-state index in [9.17, 15) is 4.79 Å². The number of benzene rings is 1. The summed E-state index contributed by atoms with van der Waals surface area (Å²) in [6.45, 7) is 5.24. The van der Waals surface area contributed by atoms with Crippen LogP contribution < -0.4 is 11.1 Å². The number of hydrogen-bond acceptors (Lipinski definition) is 4. The van der Waals surface area contributed by atoms with Gasteiger partial charge in [0, 0.05) is 26.2 Å². The van der Waals surface area contributed by atoms with Crippen LogP contribution in [-0.2, 0) is 4.74 Å². The van der Waals surface area contributed by atoms with Crippen LogP contribution in [0, 0.1) is 0 Å². The molecule has 0 fully saturated rings. The first-order chi connectivity index (χ1) is 8.91. The van der Waals surface area contributed by atoms with Gasteiger partial charge in [-0.3, -0.25) is 4.79 Å². The van der Waals surface area contributed by atoms with E-state index in [4.69, 9.17) is 10.5 Å². The number of nitrogens with zero attached hydrogens (tertiary/aromatic N) is 1. The predicted molar refractivity (Wildman–Crippen MR) is 78.4 cm³/mol. The van der Waals surface area contributed by atoms with Crippen molar-refractivity contribution in [3.63, 3.8) is 0 Å². The van der Waals surface area contributed by atoms with Gasteiger partial charge < -0.3 is 20.7 Å². The molecule has 0 spiro atoms. The highest BCUT2D eigenvalue weighted by Gasteiger charge is 2.10. The van der Waals surface area contributed by atoms with E-state index in [0.29, 0.717) is 24.4 Å². The summed E-state index contributed by atoms with van der Waals surface area (Å²) in [4.78, 5) is 13.4. The maximum absolute atomic E-state index is 11.9. The fourth-order valence-electron chi connectivity index (χ4n) is 1.58. The zero-order valence-corrected chi connectivity index (χ0v) is 12.1. The molecular weight excluding hydrogens is 242 g/mol. The number of ether oxygens (including phenoxy) is 1. The average Bonchev–Trinajstić information content (AvgIpc) is 2.35. The standard InChI is InChI=1S/C14H23N3O2/c1-10(2)19-8-7-16-13-9-11(5-6-12(13)15)14(18)17(3)4/h5-6,9-10,16H,7-8,15H2,1-4H3. The third-order valence-corrected chi connectivity index (χ3v) is 2.58. The van der Waals surface area contributed by atoms with Gasteiger partial charge in [0.1, 0.15) is 0 Å².